The van der Waals surface area contributed by atoms with Crippen LogP contribution in [0.5, 0.6) is 11.5 Å². The number of rotatable bonds is 8. The number of likely N-dealkylation sites (tertiary alicyclic amines) is 1. The molecule has 0 bridgehead atoms. The second-order valence-corrected chi connectivity index (χ2v) is 10.4. The second-order valence-electron chi connectivity index (χ2n) is 10.4. The van der Waals surface area contributed by atoms with Gasteiger partial charge in [0, 0.05) is 29.3 Å². The lowest BCUT2D eigenvalue weighted by molar-refractivity contribution is 0.132. The van der Waals surface area contributed by atoms with Crippen LogP contribution in [0.3, 0.4) is 0 Å². The molecule has 3 unspecified atom stereocenters. The quantitative estimate of drug-likeness (QED) is 0.486. The van der Waals surface area contributed by atoms with Gasteiger partial charge in [-0.2, -0.15) is 0 Å². The number of urea groups is 1. The van der Waals surface area contributed by atoms with Crippen LogP contribution in [0.15, 0.2) is 36.4 Å². The molecule has 0 spiro atoms. The lowest BCUT2D eigenvalue weighted by Crippen LogP contribution is -2.53. The minimum absolute atomic E-state index is 0.0202. The molecule has 36 heavy (non-hydrogen) atoms. The molecule has 3 atom stereocenters. The van der Waals surface area contributed by atoms with Gasteiger partial charge in [-0.05, 0) is 80.9 Å². The molecule has 1 aliphatic heterocycles. The summed E-state index contributed by atoms with van der Waals surface area (Å²) in [6.07, 6.45) is 4.75. The third-order valence-electron chi connectivity index (χ3n) is 7.84. The molecule has 2 aromatic carbocycles. The van der Waals surface area contributed by atoms with E-state index in [0.717, 1.165) is 63.1 Å². The summed E-state index contributed by atoms with van der Waals surface area (Å²) in [6, 6.07) is 9.45. The topological polar surface area (TPSA) is 62.8 Å². The molecule has 1 heterocycles. The number of carbonyl (C=O) groups is 1. The van der Waals surface area contributed by atoms with Gasteiger partial charge in [-0.3, -0.25) is 4.90 Å². The van der Waals surface area contributed by atoms with Crippen molar-refractivity contribution in [2.45, 2.75) is 63.5 Å². The number of nitrogens with zero attached hydrogens (tertiary/aromatic N) is 1. The summed E-state index contributed by atoms with van der Waals surface area (Å²) < 4.78 is 37.8. The average Bonchev–Trinajstić information content (AvgIpc) is 3.23. The number of anilines is 1. The zero-order valence-electron chi connectivity index (χ0n) is 21.6. The van der Waals surface area contributed by atoms with Gasteiger partial charge in [-0.1, -0.05) is 19.9 Å². The third kappa shape index (κ3) is 5.43. The van der Waals surface area contributed by atoms with E-state index in [-0.39, 0.29) is 23.2 Å². The highest BCUT2D eigenvalue weighted by Crippen LogP contribution is 2.50. The Kier molecular flexibility index (Phi) is 8.03. The molecule has 2 aliphatic rings. The van der Waals surface area contributed by atoms with Gasteiger partial charge >= 0.3 is 6.03 Å². The molecule has 2 amide bonds. The maximum absolute atomic E-state index is 13.5. The molecule has 1 saturated carbocycles. The average molecular weight is 502 g/mol. The van der Waals surface area contributed by atoms with Crippen molar-refractivity contribution in [3.8, 4) is 11.5 Å². The Balaban J connectivity index is 1.52. The van der Waals surface area contributed by atoms with Crippen molar-refractivity contribution in [1.29, 1.82) is 0 Å². The van der Waals surface area contributed by atoms with Crippen LogP contribution in [0.25, 0.3) is 0 Å². The second kappa shape index (κ2) is 11.0. The number of benzene rings is 2. The number of nitrogens with one attached hydrogen (secondary N) is 2. The minimum atomic E-state index is -0.989. The van der Waals surface area contributed by atoms with Crippen LogP contribution < -0.4 is 20.1 Å². The summed E-state index contributed by atoms with van der Waals surface area (Å²) >= 11 is 0. The molecule has 6 nitrogen and oxygen atoms in total. The number of hydrogen-bond acceptors (Lipinski definition) is 4. The van der Waals surface area contributed by atoms with Crippen LogP contribution in [-0.2, 0) is 5.41 Å². The number of amides is 2. The molecule has 2 fully saturated rings. The van der Waals surface area contributed by atoms with Crippen molar-refractivity contribution in [2.75, 3.05) is 32.6 Å². The molecular formula is C28H37F2N3O3. The Morgan fingerprint density at radius 2 is 1.86 bits per heavy atom. The monoisotopic (exact) mass is 501 g/mol. The van der Waals surface area contributed by atoms with Crippen molar-refractivity contribution in [3.05, 3.63) is 53.6 Å². The molecular weight excluding hydrogens is 464 g/mol. The van der Waals surface area contributed by atoms with E-state index >= 15 is 0 Å². The maximum Gasteiger partial charge on any atom is 0.319 e. The van der Waals surface area contributed by atoms with Crippen LogP contribution in [0.2, 0.25) is 0 Å². The van der Waals surface area contributed by atoms with Crippen molar-refractivity contribution in [3.63, 3.8) is 0 Å². The summed E-state index contributed by atoms with van der Waals surface area (Å²) in [5, 5.41) is 5.71. The lowest BCUT2D eigenvalue weighted by atomic mass is 9.65. The molecule has 196 valence electrons. The van der Waals surface area contributed by atoms with Gasteiger partial charge in [0.05, 0.1) is 14.2 Å². The molecule has 2 aromatic rings. The Morgan fingerprint density at radius 3 is 2.56 bits per heavy atom. The molecule has 1 saturated heterocycles. The van der Waals surface area contributed by atoms with Crippen LogP contribution in [0.1, 0.15) is 51.5 Å². The smallest absolute Gasteiger partial charge is 0.319 e. The van der Waals surface area contributed by atoms with Gasteiger partial charge in [-0.15, -0.1) is 0 Å². The largest absolute Gasteiger partial charge is 0.493 e. The fraction of sp³-hybridized carbons (Fsp3) is 0.536. The Morgan fingerprint density at radius 1 is 1.08 bits per heavy atom. The summed E-state index contributed by atoms with van der Waals surface area (Å²) in [5.74, 6) is 0.128. The standard InChI is InChI=1S/C28H37F2N3O3/c1-18(2)10-13-33-14-12-28(19-5-8-24(35-3)25(15-19)36-4)11-9-21(17-26(28)33)32-27(34)31-20-6-7-22(29)23(30)16-20/h5-8,15-16,18,21,26H,9-14,17H2,1-4H3,(H2,31,32,34). The van der Waals surface area contributed by atoms with E-state index in [2.05, 4.69) is 41.5 Å². The van der Waals surface area contributed by atoms with E-state index in [9.17, 15) is 13.6 Å². The van der Waals surface area contributed by atoms with Crippen LogP contribution in [0, 0.1) is 17.6 Å². The van der Waals surface area contributed by atoms with E-state index in [1.165, 1.54) is 11.6 Å². The predicted octanol–water partition coefficient (Wildman–Crippen LogP) is 5.71. The molecule has 8 heteroatoms. The molecule has 0 aromatic heterocycles. The third-order valence-corrected chi connectivity index (χ3v) is 7.84. The predicted molar refractivity (Wildman–Crippen MR) is 137 cm³/mol. The Bertz CT molecular complexity index is 1080. The van der Waals surface area contributed by atoms with Gasteiger partial charge in [0.2, 0.25) is 0 Å². The molecule has 0 radical (unpaired) electrons. The van der Waals surface area contributed by atoms with Gasteiger partial charge in [0.25, 0.3) is 0 Å². The van der Waals surface area contributed by atoms with E-state index in [1.54, 1.807) is 14.2 Å². The summed E-state index contributed by atoms with van der Waals surface area (Å²) in [7, 11) is 3.30. The number of hydrogen-bond donors (Lipinski definition) is 2. The first kappa shape index (κ1) is 26.2. The number of halogens is 2. The number of ether oxygens (including phenoxy) is 2. The first-order valence-corrected chi connectivity index (χ1v) is 12.7. The Labute approximate surface area is 212 Å². The van der Waals surface area contributed by atoms with E-state index in [1.807, 2.05) is 6.07 Å². The Hall–Kier alpha value is -2.87. The van der Waals surface area contributed by atoms with Crippen molar-refractivity contribution in [2.24, 2.45) is 5.92 Å². The SMILES string of the molecule is COc1ccc(C23CCC(NC(=O)Nc4ccc(F)c(F)c4)CC2N(CCC(C)C)CC3)cc1OC. The van der Waals surface area contributed by atoms with Gasteiger partial charge in [0.15, 0.2) is 23.1 Å². The summed E-state index contributed by atoms with van der Waals surface area (Å²) in [5.41, 5.74) is 1.45. The molecule has 2 N–H and O–H groups in total. The van der Waals surface area contributed by atoms with Crippen molar-refractivity contribution in [1.82, 2.24) is 10.2 Å². The van der Waals surface area contributed by atoms with Crippen LogP contribution >= 0.6 is 0 Å². The summed E-state index contributed by atoms with van der Waals surface area (Å²) in [4.78, 5) is 15.3. The zero-order valence-corrected chi connectivity index (χ0v) is 21.6. The molecule has 4 rings (SSSR count). The first-order valence-electron chi connectivity index (χ1n) is 12.7. The minimum Gasteiger partial charge on any atom is -0.493 e. The fourth-order valence-electron chi connectivity index (χ4n) is 5.88. The van der Waals surface area contributed by atoms with Crippen LogP contribution in [-0.4, -0.2) is 50.3 Å². The summed E-state index contributed by atoms with van der Waals surface area (Å²) in [6.45, 7) is 6.52. The van der Waals surface area contributed by atoms with Gasteiger partial charge in [0.1, 0.15) is 0 Å². The lowest BCUT2D eigenvalue weighted by Gasteiger charge is -2.45. The molecule has 1 aliphatic carbocycles. The normalized spacial score (nSPS) is 23.9. The van der Waals surface area contributed by atoms with E-state index in [4.69, 9.17) is 9.47 Å². The van der Waals surface area contributed by atoms with Gasteiger partial charge in [-0.25, -0.2) is 13.6 Å². The van der Waals surface area contributed by atoms with E-state index < -0.39 is 17.7 Å². The van der Waals surface area contributed by atoms with Crippen molar-refractivity contribution < 1.29 is 23.0 Å². The highest BCUT2D eigenvalue weighted by Gasteiger charge is 2.51. The maximum atomic E-state index is 13.5. The fourth-order valence-corrected chi connectivity index (χ4v) is 5.88. The number of carbonyl (C=O) groups excluding carboxylic acids is 1. The van der Waals surface area contributed by atoms with Gasteiger partial charge < -0.3 is 20.1 Å². The van der Waals surface area contributed by atoms with E-state index in [0.29, 0.717) is 11.7 Å². The number of fused-ring (bicyclic) bond motifs is 1. The zero-order chi connectivity index (χ0) is 25.9. The van der Waals surface area contributed by atoms with Crippen LogP contribution in [0.4, 0.5) is 19.3 Å². The highest BCUT2D eigenvalue weighted by molar-refractivity contribution is 5.89. The van der Waals surface area contributed by atoms with Crippen molar-refractivity contribution >= 4 is 11.7 Å². The highest BCUT2D eigenvalue weighted by atomic mass is 19.2. The first-order chi connectivity index (χ1) is 17.3. The number of methoxy groups -OCH3 is 2.